The van der Waals surface area contributed by atoms with Crippen LogP contribution in [0.4, 0.5) is 0 Å². The minimum Gasteiger partial charge on any atom is -0.335 e. The van der Waals surface area contributed by atoms with Crippen LogP contribution in [0.5, 0.6) is 0 Å². The summed E-state index contributed by atoms with van der Waals surface area (Å²) in [5.74, 6) is 0. The SMILES string of the molecule is O=S(=O)(NC1CCN2CCCC12)c1cnc[nH]1. The highest BCUT2D eigenvalue weighted by atomic mass is 32.2. The van der Waals surface area contributed by atoms with Crippen LogP contribution in [0.15, 0.2) is 17.6 Å². The third kappa shape index (κ3) is 1.98. The summed E-state index contributed by atoms with van der Waals surface area (Å²) in [7, 11) is -3.43. The molecule has 2 unspecified atom stereocenters. The van der Waals surface area contributed by atoms with Crippen LogP contribution in [0, 0.1) is 0 Å². The molecule has 1 aromatic rings. The van der Waals surface area contributed by atoms with E-state index < -0.39 is 10.0 Å². The molecule has 0 saturated carbocycles. The highest BCUT2D eigenvalue weighted by Crippen LogP contribution is 2.28. The molecule has 94 valence electrons. The van der Waals surface area contributed by atoms with Crippen LogP contribution in [0.25, 0.3) is 0 Å². The minimum atomic E-state index is -3.43. The lowest BCUT2D eigenvalue weighted by Crippen LogP contribution is -2.42. The van der Waals surface area contributed by atoms with E-state index in [2.05, 4.69) is 19.6 Å². The van der Waals surface area contributed by atoms with Gasteiger partial charge in [0.05, 0.1) is 12.5 Å². The molecule has 0 aromatic carbocycles. The molecule has 2 fully saturated rings. The van der Waals surface area contributed by atoms with Gasteiger partial charge in [0.2, 0.25) is 0 Å². The Kier molecular flexibility index (Phi) is 2.68. The first kappa shape index (κ1) is 11.2. The number of nitrogens with zero attached hydrogens (tertiary/aromatic N) is 2. The second kappa shape index (κ2) is 4.08. The summed E-state index contributed by atoms with van der Waals surface area (Å²) in [4.78, 5) is 8.76. The average molecular weight is 256 g/mol. The van der Waals surface area contributed by atoms with Crippen LogP contribution < -0.4 is 4.72 Å². The predicted molar refractivity (Wildman–Crippen MR) is 61.9 cm³/mol. The molecule has 0 bridgehead atoms. The second-order valence-electron chi connectivity index (χ2n) is 4.68. The van der Waals surface area contributed by atoms with Crippen LogP contribution in [0.1, 0.15) is 19.3 Å². The number of aromatic nitrogens is 2. The van der Waals surface area contributed by atoms with Crippen molar-refractivity contribution in [1.29, 1.82) is 0 Å². The van der Waals surface area contributed by atoms with E-state index >= 15 is 0 Å². The van der Waals surface area contributed by atoms with Crippen LogP contribution in [0.2, 0.25) is 0 Å². The molecule has 2 atom stereocenters. The minimum absolute atomic E-state index is 0.0470. The fourth-order valence-corrected chi connectivity index (χ4v) is 4.08. The van der Waals surface area contributed by atoms with Crippen molar-refractivity contribution in [2.45, 2.75) is 36.4 Å². The summed E-state index contributed by atoms with van der Waals surface area (Å²) < 4.78 is 26.9. The molecular weight excluding hydrogens is 240 g/mol. The van der Waals surface area contributed by atoms with Gasteiger partial charge in [-0.25, -0.2) is 18.1 Å². The van der Waals surface area contributed by atoms with Crippen LogP contribution >= 0.6 is 0 Å². The van der Waals surface area contributed by atoms with Gasteiger partial charge in [0.15, 0.2) is 5.03 Å². The quantitative estimate of drug-likeness (QED) is 0.793. The number of rotatable bonds is 3. The van der Waals surface area contributed by atoms with Gasteiger partial charge in [-0.2, -0.15) is 0 Å². The van der Waals surface area contributed by atoms with Crippen molar-refractivity contribution in [2.24, 2.45) is 0 Å². The van der Waals surface area contributed by atoms with Crippen molar-refractivity contribution in [3.8, 4) is 0 Å². The first-order chi connectivity index (χ1) is 8.17. The molecule has 0 spiro atoms. The van der Waals surface area contributed by atoms with E-state index in [1.807, 2.05) is 0 Å². The van der Waals surface area contributed by atoms with Crippen molar-refractivity contribution in [2.75, 3.05) is 13.1 Å². The Labute approximate surface area is 100 Å². The van der Waals surface area contributed by atoms with Gasteiger partial charge < -0.3 is 4.98 Å². The molecule has 2 aliphatic rings. The van der Waals surface area contributed by atoms with Crippen molar-refractivity contribution < 1.29 is 8.42 Å². The average Bonchev–Trinajstić information content (AvgIpc) is 2.93. The molecule has 0 aliphatic carbocycles. The maximum atomic E-state index is 12.0. The van der Waals surface area contributed by atoms with E-state index in [-0.39, 0.29) is 11.1 Å². The predicted octanol–water partition coefficient (Wildman–Crippen LogP) is -0.0753. The molecule has 17 heavy (non-hydrogen) atoms. The largest absolute Gasteiger partial charge is 0.335 e. The van der Waals surface area contributed by atoms with E-state index in [0.29, 0.717) is 6.04 Å². The van der Waals surface area contributed by atoms with Crippen molar-refractivity contribution in [3.63, 3.8) is 0 Å². The maximum Gasteiger partial charge on any atom is 0.257 e. The molecule has 2 aliphatic heterocycles. The second-order valence-corrected chi connectivity index (χ2v) is 6.36. The summed E-state index contributed by atoms with van der Waals surface area (Å²) >= 11 is 0. The molecule has 3 heterocycles. The molecule has 7 heteroatoms. The van der Waals surface area contributed by atoms with Gasteiger partial charge in [-0.1, -0.05) is 0 Å². The standard InChI is InChI=1S/C10H16N4O2S/c15-17(16,10-6-11-7-12-10)13-8-3-5-14-4-1-2-9(8)14/h6-9,13H,1-5H2,(H,11,12). The van der Waals surface area contributed by atoms with E-state index in [1.165, 1.54) is 18.9 Å². The molecule has 0 radical (unpaired) electrons. The third-order valence-electron chi connectivity index (χ3n) is 3.68. The number of sulfonamides is 1. The first-order valence-corrected chi connectivity index (χ1v) is 7.40. The van der Waals surface area contributed by atoms with Crippen LogP contribution in [0.3, 0.4) is 0 Å². The molecule has 2 N–H and O–H groups in total. The van der Waals surface area contributed by atoms with Crippen LogP contribution in [-0.4, -0.2) is 48.5 Å². The Morgan fingerprint density at radius 3 is 3.06 bits per heavy atom. The zero-order valence-electron chi connectivity index (χ0n) is 9.46. The Hall–Kier alpha value is -0.920. The molecule has 6 nitrogen and oxygen atoms in total. The monoisotopic (exact) mass is 256 g/mol. The third-order valence-corrected chi connectivity index (χ3v) is 5.09. The van der Waals surface area contributed by atoms with Gasteiger partial charge in [-0.15, -0.1) is 0 Å². The number of H-pyrrole nitrogens is 1. The number of nitrogens with one attached hydrogen (secondary N) is 2. The van der Waals surface area contributed by atoms with Crippen molar-refractivity contribution >= 4 is 10.0 Å². The van der Waals surface area contributed by atoms with Gasteiger partial charge >= 0.3 is 0 Å². The Balaban J connectivity index is 1.75. The number of hydrogen-bond donors (Lipinski definition) is 2. The fourth-order valence-electron chi connectivity index (χ4n) is 2.87. The summed E-state index contributed by atoms with van der Waals surface area (Å²) in [5.41, 5.74) is 0. The number of imidazole rings is 1. The number of fused-ring (bicyclic) bond motifs is 1. The normalized spacial score (nSPS) is 29.6. The summed E-state index contributed by atoms with van der Waals surface area (Å²) in [6.45, 7) is 2.10. The lowest BCUT2D eigenvalue weighted by molar-refractivity contribution is 0.309. The topological polar surface area (TPSA) is 78.1 Å². The molecule has 0 amide bonds. The Bertz CT molecular complexity index is 484. The Morgan fingerprint density at radius 2 is 2.29 bits per heavy atom. The van der Waals surface area contributed by atoms with Crippen molar-refractivity contribution in [1.82, 2.24) is 19.6 Å². The van der Waals surface area contributed by atoms with Crippen molar-refractivity contribution in [3.05, 3.63) is 12.5 Å². The molecular formula is C10H16N4O2S. The van der Waals surface area contributed by atoms with Gasteiger partial charge in [0, 0.05) is 18.6 Å². The van der Waals surface area contributed by atoms with Gasteiger partial charge in [-0.05, 0) is 25.8 Å². The van der Waals surface area contributed by atoms with E-state index in [9.17, 15) is 8.42 Å². The first-order valence-electron chi connectivity index (χ1n) is 5.91. The molecule has 3 rings (SSSR count). The van der Waals surface area contributed by atoms with Gasteiger partial charge in [0.25, 0.3) is 10.0 Å². The summed E-state index contributed by atoms with van der Waals surface area (Å²) in [6, 6.07) is 0.429. The highest BCUT2D eigenvalue weighted by Gasteiger charge is 2.39. The lowest BCUT2D eigenvalue weighted by atomic mass is 10.1. The smallest absolute Gasteiger partial charge is 0.257 e. The lowest BCUT2D eigenvalue weighted by Gasteiger charge is -2.20. The Morgan fingerprint density at radius 1 is 1.41 bits per heavy atom. The molecule has 1 aromatic heterocycles. The van der Waals surface area contributed by atoms with Gasteiger partial charge in [-0.3, -0.25) is 4.90 Å². The highest BCUT2D eigenvalue weighted by molar-refractivity contribution is 7.89. The fraction of sp³-hybridized carbons (Fsp3) is 0.700. The summed E-state index contributed by atoms with van der Waals surface area (Å²) in [6.07, 6.45) is 5.88. The van der Waals surface area contributed by atoms with E-state index in [4.69, 9.17) is 0 Å². The van der Waals surface area contributed by atoms with E-state index in [0.717, 1.165) is 25.9 Å². The zero-order chi connectivity index (χ0) is 11.9. The summed E-state index contributed by atoms with van der Waals surface area (Å²) in [5, 5.41) is 0.147. The van der Waals surface area contributed by atoms with E-state index in [1.54, 1.807) is 0 Å². The molecule has 2 saturated heterocycles. The van der Waals surface area contributed by atoms with Crippen LogP contribution in [-0.2, 0) is 10.0 Å². The maximum absolute atomic E-state index is 12.0. The zero-order valence-corrected chi connectivity index (χ0v) is 10.3. The van der Waals surface area contributed by atoms with Gasteiger partial charge in [0.1, 0.15) is 0 Å². The number of hydrogen-bond acceptors (Lipinski definition) is 4. The number of aromatic amines is 1.